The van der Waals surface area contributed by atoms with Gasteiger partial charge in [0.05, 0.1) is 14.2 Å². The molecule has 0 bridgehead atoms. The minimum absolute atomic E-state index is 0.305. The van der Waals surface area contributed by atoms with Crippen LogP contribution in [0.25, 0.3) is 0 Å². The van der Waals surface area contributed by atoms with E-state index < -0.39 is 10.2 Å². The summed E-state index contributed by atoms with van der Waals surface area (Å²) in [6.45, 7) is 1.52. The largest absolute Gasteiger partial charge is 0.493 e. The molecule has 1 aliphatic rings. The second-order valence-electron chi connectivity index (χ2n) is 5.77. The Morgan fingerprint density at radius 3 is 2.22 bits per heavy atom. The van der Waals surface area contributed by atoms with Crippen molar-refractivity contribution in [1.29, 1.82) is 0 Å². The van der Waals surface area contributed by atoms with Crippen molar-refractivity contribution in [2.75, 3.05) is 34.4 Å². The maximum atomic E-state index is 12.7. The van der Waals surface area contributed by atoms with Gasteiger partial charge in [-0.1, -0.05) is 18.9 Å². The molecule has 0 spiro atoms. The highest BCUT2D eigenvalue weighted by molar-refractivity contribution is 7.86. The first kappa shape index (κ1) is 18.0. The van der Waals surface area contributed by atoms with E-state index in [0.717, 1.165) is 31.2 Å². The van der Waals surface area contributed by atoms with Gasteiger partial charge in [0.15, 0.2) is 11.5 Å². The van der Waals surface area contributed by atoms with Crippen LogP contribution in [-0.2, 0) is 16.8 Å². The van der Waals surface area contributed by atoms with Gasteiger partial charge in [-0.15, -0.1) is 0 Å². The van der Waals surface area contributed by atoms with E-state index in [1.54, 1.807) is 31.6 Å². The third-order valence-corrected chi connectivity index (χ3v) is 6.07. The predicted molar refractivity (Wildman–Crippen MR) is 90.0 cm³/mol. The Morgan fingerprint density at radius 1 is 1.04 bits per heavy atom. The molecule has 6 nitrogen and oxygen atoms in total. The summed E-state index contributed by atoms with van der Waals surface area (Å²) in [5.41, 5.74) is 0.864. The van der Waals surface area contributed by atoms with E-state index in [9.17, 15) is 8.42 Å². The Kier molecular flexibility index (Phi) is 6.26. The molecule has 0 N–H and O–H groups in total. The van der Waals surface area contributed by atoms with Crippen molar-refractivity contribution < 1.29 is 17.9 Å². The van der Waals surface area contributed by atoms with E-state index in [1.165, 1.54) is 4.31 Å². The van der Waals surface area contributed by atoms with Crippen molar-refractivity contribution in [2.45, 2.75) is 32.2 Å². The van der Waals surface area contributed by atoms with Crippen molar-refractivity contribution in [3.05, 3.63) is 23.8 Å². The molecule has 0 radical (unpaired) electrons. The number of ether oxygens (including phenoxy) is 2. The number of hydrogen-bond acceptors (Lipinski definition) is 4. The van der Waals surface area contributed by atoms with Crippen LogP contribution < -0.4 is 9.47 Å². The van der Waals surface area contributed by atoms with Crippen molar-refractivity contribution in [1.82, 2.24) is 8.61 Å². The van der Waals surface area contributed by atoms with Gasteiger partial charge in [-0.3, -0.25) is 0 Å². The second-order valence-corrected chi connectivity index (χ2v) is 7.80. The summed E-state index contributed by atoms with van der Waals surface area (Å²) in [7, 11) is 1.34. The Labute approximate surface area is 139 Å². The molecule has 0 unspecified atom stereocenters. The first-order chi connectivity index (χ1) is 11.0. The molecule has 1 fully saturated rings. The molecular weight excluding hydrogens is 316 g/mol. The van der Waals surface area contributed by atoms with Gasteiger partial charge < -0.3 is 9.47 Å². The highest BCUT2D eigenvalue weighted by atomic mass is 32.2. The van der Waals surface area contributed by atoms with Crippen molar-refractivity contribution in [3.63, 3.8) is 0 Å². The van der Waals surface area contributed by atoms with Gasteiger partial charge in [-0.25, -0.2) is 0 Å². The standard InChI is InChI=1S/C16H26N2O4S/c1-17(23(19,20)18-10-6-4-5-7-11-18)13-14-8-9-15(21-2)16(12-14)22-3/h8-9,12H,4-7,10-11,13H2,1-3H3. The monoisotopic (exact) mass is 342 g/mol. The van der Waals surface area contributed by atoms with Crippen LogP contribution in [0.5, 0.6) is 11.5 Å². The summed E-state index contributed by atoms with van der Waals surface area (Å²) in [4.78, 5) is 0. The summed E-state index contributed by atoms with van der Waals surface area (Å²) in [6.07, 6.45) is 4.07. The molecule has 7 heteroatoms. The zero-order valence-corrected chi connectivity index (χ0v) is 14.9. The van der Waals surface area contributed by atoms with Crippen LogP contribution in [0, 0.1) is 0 Å². The topological polar surface area (TPSA) is 59.1 Å². The molecule has 0 atom stereocenters. The Morgan fingerprint density at radius 2 is 1.65 bits per heavy atom. The molecule has 1 aliphatic heterocycles. The number of rotatable bonds is 6. The third-order valence-electron chi connectivity index (χ3n) is 4.14. The first-order valence-corrected chi connectivity index (χ1v) is 9.31. The lowest BCUT2D eigenvalue weighted by molar-refractivity contribution is 0.351. The molecule has 0 saturated carbocycles. The summed E-state index contributed by atoms with van der Waals surface area (Å²) in [5, 5.41) is 0. The minimum atomic E-state index is -3.42. The molecule has 1 aromatic rings. The first-order valence-electron chi connectivity index (χ1n) is 7.91. The smallest absolute Gasteiger partial charge is 0.282 e. The number of methoxy groups -OCH3 is 2. The third kappa shape index (κ3) is 4.37. The summed E-state index contributed by atoms with van der Waals surface area (Å²) >= 11 is 0. The van der Waals surface area contributed by atoms with Crippen LogP contribution in [0.3, 0.4) is 0 Å². The van der Waals surface area contributed by atoms with E-state index in [4.69, 9.17) is 9.47 Å². The molecule has 0 amide bonds. The average Bonchev–Trinajstić information content (AvgIpc) is 2.84. The molecule has 1 heterocycles. The highest BCUT2D eigenvalue weighted by Gasteiger charge is 2.27. The van der Waals surface area contributed by atoms with Gasteiger partial charge in [0.2, 0.25) is 0 Å². The molecule has 1 saturated heterocycles. The lowest BCUT2D eigenvalue weighted by Gasteiger charge is -2.26. The maximum Gasteiger partial charge on any atom is 0.282 e. The van der Waals surface area contributed by atoms with Gasteiger partial charge in [0, 0.05) is 26.7 Å². The second kappa shape index (κ2) is 7.99. The van der Waals surface area contributed by atoms with E-state index in [1.807, 2.05) is 12.1 Å². The lowest BCUT2D eigenvalue weighted by Crippen LogP contribution is -2.42. The van der Waals surface area contributed by atoms with Crippen molar-refractivity contribution in [2.24, 2.45) is 0 Å². The van der Waals surface area contributed by atoms with E-state index in [0.29, 0.717) is 31.1 Å². The number of nitrogens with zero attached hydrogens (tertiary/aromatic N) is 2. The zero-order valence-electron chi connectivity index (χ0n) is 14.1. The summed E-state index contributed by atoms with van der Waals surface area (Å²) in [6, 6.07) is 5.46. The lowest BCUT2D eigenvalue weighted by atomic mass is 10.2. The normalized spacial score (nSPS) is 17.0. The molecular formula is C16H26N2O4S. The SMILES string of the molecule is COc1ccc(CN(C)S(=O)(=O)N2CCCCCC2)cc1OC. The van der Waals surface area contributed by atoms with E-state index >= 15 is 0 Å². The fraction of sp³-hybridized carbons (Fsp3) is 0.625. The molecule has 2 rings (SSSR count). The Balaban J connectivity index is 2.12. The van der Waals surface area contributed by atoms with Gasteiger partial charge in [-0.2, -0.15) is 17.0 Å². The fourth-order valence-electron chi connectivity index (χ4n) is 2.79. The van der Waals surface area contributed by atoms with Gasteiger partial charge in [0.1, 0.15) is 0 Å². The molecule has 23 heavy (non-hydrogen) atoms. The highest BCUT2D eigenvalue weighted by Crippen LogP contribution is 2.28. The molecule has 0 aromatic heterocycles. The van der Waals surface area contributed by atoms with Crippen molar-refractivity contribution >= 4 is 10.2 Å². The predicted octanol–water partition coefficient (Wildman–Crippen LogP) is 2.26. The minimum Gasteiger partial charge on any atom is -0.493 e. The zero-order chi connectivity index (χ0) is 16.9. The van der Waals surface area contributed by atoms with Gasteiger partial charge in [-0.05, 0) is 30.5 Å². The van der Waals surface area contributed by atoms with Gasteiger partial charge >= 0.3 is 0 Å². The Bertz CT molecular complexity index is 611. The number of benzene rings is 1. The van der Waals surface area contributed by atoms with Crippen LogP contribution >= 0.6 is 0 Å². The average molecular weight is 342 g/mol. The van der Waals surface area contributed by atoms with E-state index in [2.05, 4.69) is 0 Å². The van der Waals surface area contributed by atoms with Crippen LogP contribution in [-0.4, -0.2) is 51.4 Å². The van der Waals surface area contributed by atoms with Crippen LogP contribution in [0.4, 0.5) is 0 Å². The van der Waals surface area contributed by atoms with Crippen molar-refractivity contribution in [3.8, 4) is 11.5 Å². The fourth-order valence-corrected chi connectivity index (χ4v) is 4.21. The summed E-state index contributed by atoms with van der Waals surface area (Å²) < 4.78 is 38.9. The van der Waals surface area contributed by atoms with Gasteiger partial charge in [0.25, 0.3) is 10.2 Å². The van der Waals surface area contributed by atoms with E-state index in [-0.39, 0.29) is 0 Å². The van der Waals surface area contributed by atoms with Crippen LogP contribution in [0.1, 0.15) is 31.2 Å². The van der Waals surface area contributed by atoms with Crippen LogP contribution in [0.2, 0.25) is 0 Å². The molecule has 130 valence electrons. The van der Waals surface area contributed by atoms with Crippen LogP contribution in [0.15, 0.2) is 18.2 Å². The Hall–Kier alpha value is -1.31. The quantitative estimate of drug-likeness (QED) is 0.796. The maximum absolute atomic E-state index is 12.7. The summed E-state index contributed by atoms with van der Waals surface area (Å²) in [5.74, 6) is 1.24. The number of hydrogen-bond donors (Lipinski definition) is 0. The molecule has 0 aliphatic carbocycles. The molecule has 1 aromatic carbocycles.